The molecule has 3 aromatic rings. The Hall–Kier alpha value is -2.79. The van der Waals surface area contributed by atoms with Crippen LogP contribution in [-0.4, -0.2) is 41.7 Å². The highest BCUT2D eigenvalue weighted by atomic mass is 16.5. The summed E-state index contributed by atoms with van der Waals surface area (Å²) in [6.45, 7) is 3.45. The second kappa shape index (κ2) is 7.62. The molecule has 26 heavy (non-hydrogen) atoms. The average Bonchev–Trinajstić information content (AvgIpc) is 3.11. The second-order valence-electron chi connectivity index (χ2n) is 6.40. The summed E-state index contributed by atoms with van der Waals surface area (Å²) in [5.74, 6) is 0.963. The third kappa shape index (κ3) is 3.58. The zero-order valence-corrected chi connectivity index (χ0v) is 14.6. The van der Waals surface area contributed by atoms with E-state index in [1.807, 2.05) is 70.3 Å². The van der Waals surface area contributed by atoms with Crippen LogP contribution in [0.1, 0.15) is 5.56 Å². The molecule has 0 spiro atoms. The van der Waals surface area contributed by atoms with Crippen LogP contribution in [0.4, 0.5) is 0 Å². The molecule has 2 aromatic carbocycles. The van der Waals surface area contributed by atoms with Crippen LogP contribution < -0.4 is 4.74 Å². The normalized spacial score (nSPS) is 14.5. The summed E-state index contributed by atoms with van der Waals surface area (Å²) in [6.07, 6.45) is 1.96. The molecule has 0 atom stereocenters. The number of nitrogens with zero attached hydrogens (tertiary/aromatic N) is 2. The summed E-state index contributed by atoms with van der Waals surface area (Å²) in [7, 11) is 0. The summed E-state index contributed by atoms with van der Waals surface area (Å²) < 4.78 is 13.3. The van der Waals surface area contributed by atoms with Gasteiger partial charge in [-0.2, -0.15) is 0 Å². The van der Waals surface area contributed by atoms with E-state index in [9.17, 15) is 4.79 Å². The highest BCUT2D eigenvalue weighted by Crippen LogP contribution is 2.27. The molecular weight excluding hydrogens is 328 g/mol. The van der Waals surface area contributed by atoms with Crippen LogP contribution in [0.3, 0.4) is 0 Å². The third-order valence-corrected chi connectivity index (χ3v) is 4.68. The van der Waals surface area contributed by atoms with E-state index in [1.165, 1.54) is 0 Å². The van der Waals surface area contributed by atoms with Gasteiger partial charge in [0.05, 0.1) is 18.7 Å². The number of morpholine rings is 1. The van der Waals surface area contributed by atoms with Crippen LogP contribution >= 0.6 is 0 Å². The predicted octanol–water partition coefficient (Wildman–Crippen LogP) is 3.08. The average molecular weight is 350 g/mol. The minimum absolute atomic E-state index is 0.126. The standard InChI is InChI=1S/C21H22N2O3/c24-21(22-11-13-25-14-12-22)15-23-10-9-18-19(23)7-4-8-20(18)26-16-17-5-2-1-3-6-17/h1-10H,11-16H2. The first-order valence-corrected chi connectivity index (χ1v) is 8.91. The molecule has 1 aliphatic heterocycles. The fraction of sp³-hybridized carbons (Fsp3) is 0.286. The van der Waals surface area contributed by atoms with E-state index in [4.69, 9.17) is 9.47 Å². The summed E-state index contributed by atoms with van der Waals surface area (Å²) >= 11 is 0. The number of hydrogen-bond donors (Lipinski definition) is 0. The van der Waals surface area contributed by atoms with Gasteiger partial charge in [-0.05, 0) is 23.8 Å². The van der Waals surface area contributed by atoms with Crippen molar-refractivity contribution in [1.82, 2.24) is 9.47 Å². The van der Waals surface area contributed by atoms with Crippen LogP contribution in [0.25, 0.3) is 10.9 Å². The van der Waals surface area contributed by atoms with Gasteiger partial charge in [0.1, 0.15) is 18.9 Å². The molecular formula is C21H22N2O3. The van der Waals surface area contributed by atoms with Gasteiger partial charge in [0.25, 0.3) is 0 Å². The fourth-order valence-electron chi connectivity index (χ4n) is 3.25. The number of benzene rings is 2. The topological polar surface area (TPSA) is 43.7 Å². The smallest absolute Gasteiger partial charge is 0.242 e. The summed E-state index contributed by atoms with van der Waals surface area (Å²) in [4.78, 5) is 14.4. The Bertz CT molecular complexity index is 883. The first kappa shape index (κ1) is 16.7. The van der Waals surface area contributed by atoms with Gasteiger partial charge in [0.15, 0.2) is 0 Å². The monoisotopic (exact) mass is 350 g/mol. The highest BCUT2D eigenvalue weighted by molar-refractivity contribution is 5.88. The molecule has 0 N–H and O–H groups in total. The summed E-state index contributed by atoms with van der Waals surface area (Å²) in [5.41, 5.74) is 2.14. The number of carbonyl (C=O) groups excluding carboxylic acids is 1. The van der Waals surface area contributed by atoms with Crippen molar-refractivity contribution in [3.8, 4) is 5.75 Å². The molecule has 0 saturated carbocycles. The summed E-state index contributed by atoms with van der Waals surface area (Å²) in [5, 5.41) is 1.03. The van der Waals surface area contributed by atoms with Crippen molar-refractivity contribution < 1.29 is 14.3 Å². The fourth-order valence-corrected chi connectivity index (χ4v) is 3.25. The quantitative estimate of drug-likeness (QED) is 0.710. The molecule has 5 heteroatoms. The van der Waals surface area contributed by atoms with E-state index in [2.05, 4.69) is 0 Å². The SMILES string of the molecule is O=C(Cn1ccc2c(OCc3ccccc3)cccc21)N1CCOCC1. The van der Waals surface area contributed by atoms with Crippen molar-refractivity contribution >= 4 is 16.8 Å². The van der Waals surface area contributed by atoms with Crippen LogP contribution in [0.5, 0.6) is 5.75 Å². The minimum Gasteiger partial charge on any atom is -0.488 e. The zero-order valence-electron chi connectivity index (χ0n) is 14.6. The maximum absolute atomic E-state index is 12.5. The lowest BCUT2D eigenvalue weighted by Crippen LogP contribution is -2.42. The molecule has 0 aliphatic carbocycles. The molecule has 1 aliphatic rings. The lowest BCUT2D eigenvalue weighted by molar-refractivity contribution is -0.135. The zero-order chi connectivity index (χ0) is 17.8. The molecule has 0 bridgehead atoms. The van der Waals surface area contributed by atoms with Crippen molar-refractivity contribution in [1.29, 1.82) is 0 Å². The molecule has 1 amide bonds. The molecule has 134 valence electrons. The van der Waals surface area contributed by atoms with Crippen molar-refractivity contribution in [3.63, 3.8) is 0 Å². The molecule has 1 saturated heterocycles. The lowest BCUT2D eigenvalue weighted by atomic mass is 10.2. The molecule has 5 nitrogen and oxygen atoms in total. The lowest BCUT2D eigenvalue weighted by Gasteiger charge is -2.27. The van der Waals surface area contributed by atoms with E-state index in [1.54, 1.807) is 0 Å². The maximum atomic E-state index is 12.5. The Labute approximate surface area is 152 Å². The van der Waals surface area contributed by atoms with Crippen molar-refractivity contribution in [2.45, 2.75) is 13.2 Å². The van der Waals surface area contributed by atoms with E-state index in [-0.39, 0.29) is 5.91 Å². The van der Waals surface area contributed by atoms with Crippen LogP contribution in [0.2, 0.25) is 0 Å². The molecule has 0 radical (unpaired) electrons. The van der Waals surface area contributed by atoms with Gasteiger partial charge in [0.2, 0.25) is 5.91 Å². The van der Waals surface area contributed by atoms with Gasteiger partial charge in [0, 0.05) is 24.7 Å². The third-order valence-electron chi connectivity index (χ3n) is 4.68. The number of fused-ring (bicyclic) bond motifs is 1. The summed E-state index contributed by atoms with van der Waals surface area (Å²) in [6, 6.07) is 18.1. The maximum Gasteiger partial charge on any atom is 0.242 e. The van der Waals surface area contributed by atoms with E-state index < -0.39 is 0 Å². The van der Waals surface area contributed by atoms with Gasteiger partial charge in [-0.25, -0.2) is 0 Å². The second-order valence-corrected chi connectivity index (χ2v) is 6.40. The molecule has 1 fully saturated rings. The Balaban J connectivity index is 1.50. The number of carbonyl (C=O) groups is 1. The van der Waals surface area contributed by atoms with E-state index >= 15 is 0 Å². The van der Waals surface area contributed by atoms with Gasteiger partial charge >= 0.3 is 0 Å². The van der Waals surface area contributed by atoms with Crippen LogP contribution in [0, 0.1) is 0 Å². The molecule has 4 rings (SSSR count). The number of ether oxygens (including phenoxy) is 2. The first-order valence-electron chi connectivity index (χ1n) is 8.91. The van der Waals surface area contributed by atoms with E-state index in [0.717, 1.165) is 22.2 Å². The van der Waals surface area contributed by atoms with Gasteiger partial charge < -0.3 is 18.9 Å². The molecule has 0 unspecified atom stereocenters. The van der Waals surface area contributed by atoms with Crippen LogP contribution in [0.15, 0.2) is 60.8 Å². The largest absolute Gasteiger partial charge is 0.488 e. The van der Waals surface area contributed by atoms with Crippen molar-refractivity contribution in [2.75, 3.05) is 26.3 Å². The van der Waals surface area contributed by atoms with Crippen LogP contribution in [-0.2, 0) is 22.7 Å². The first-order chi connectivity index (χ1) is 12.8. The van der Waals surface area contributed by atoms with Gasteiger partial charge in [-0.3, -0.25) is 4.79 Å². The number of hydrogen-bond acceptors (Lipinski definition) is 3. The molecule has 2 heterocycles. The number of aromatic nitrogens is 1. The molecule has 1 aromatic heterocycles. The Morgan fingerprint density at radius 2 is 1.81 bits per heavy atom. The Morgan fingerprint density at radius 3 is 2.62 bits per heavy atom. The number of rotatable bonds is 5. The minimum atomic E-state index is 0.126. The predicted molar refractivity (Wildman–Crippen MR) is 100 cm³/mol. The Morgan fingerprint density at radius 1 is 1.00 bits per heavy atom. The van der Waals surface area contributed by atoms with Crippen molar-refractivity contribution in [3.05, 3.63) is 66.4 Å². The highest BCUT2D eigenvalue weighted by Gasteiger charge is 2.18. The van der Waals surface area contributed by atoms with Crippen molar-refractivity contribution in [2.24, 2.45) is 0 Å². The van der Waals surface area contributed by atoms with E-state index in [0.29, 0.717) is 39.5 Å². The number of amides is 1. The van der Waals surface area contributed by atoms with Gasteiger partial charge in [-0.15, -0.1) is 0 Å². The van der Waals surface area contributed by atoms with Gasteiger partial charge in [-0.1, -0.05) is 36.4 Å². The Kier molecular flexibility index (Phi) is 4.88.